The molecule has 3 aromatic rings. The van der Waals surface area contributed by atoms with Gasteiger partial charge in [0, 0.05) is 36.6 Å². The normalized spacial score (nSPS) is 14.9. The molecule has 7 nitrogen and oxygen atoms in total. The third-order valence-corrected chi connectivity index (χ3v) is 5.41. The van der Waals surface area contributed by atoms with Crippen LogP contribution in [0, 0.1) is 5.41 Å². The summed E-state index contributed by atoms with van der Waals surface area (Å²) >= 11 is 0. The molecule has 1 aromatic carbocycles. The van der Waals surface area contributed by atoms with Crippen molar-refractivity contribution in [3.05, 3.63) is 87.1 Å². The van der Waals surface area contributed by atoms with Crippen LogP contribution in [-0.2, 0) is 19.5 Å². The molecule has 2 aromatic heterocycles. The van der Waals surface area contributed by atoms with Gasteiger partial charge < -0.3 is 10.3 Å². The molecule has 7 heteroatoms. The molecule has 0 saturated carbocycles. The largest absolute Gasteiger partial charge is 0.348 e. The predicted molar refractivity (Wildman–Crippen MR) is 112 cm³/mol. The SMILES string of the molecule is CC1(C)CC(=O)c2cc(C(=O)NCc3ccccc3Cn3cccn3)c(=O)[nH]c2C1. The number of fused-ring (bicyclic) bond motifs is 1. The number of amides is 1. The lowest BCUT2D eigenvalue weighted by Gasteiger charge is -2.29. The maximum atomic E-state index is 12.7. The Bertz CT molecular complexity index is 1160. The molecular formula is C23H24N4O3. The minimum Gasteiger partial charge on any atom is -0.348 e. The highest BCUT2D eigenvalue weighted by atomic mass is 16.2. The number of H-pyrrole nitrogens is 1. The first-order valence-electron chi connectivity index (χ1n) is 9.94. The van der Waals surface area contributed by atoms with Crippen molar-refractivity contribution in [2.75, 3.05) is 0 Å². The van der Waals surface area contributed by atoms with Crippen molar-refractivity contribution >= 4 is 11.7 Å². The number of nitrogens with zero attached hydrogens (tertiary/aromatic N) is 2. The van der Waals surface area contributed by atoms with Gasteiger partial charge in [-0.05, 0) is 35.1 Å². The second kappa shape index (κ2) is 7.74. The average Bonchev–Trinajstić information content (AvgIpc) is 3.19. The van der Waals surface area contributed by atoms with Gasteiger partial charge in [0.25, 0.3) is 11.5 Å². The molecule has 4 rings (SSSR count). The van der Waals surface area contributed by atoms with E-state index in [1.807, 2.05) is 55.1 Å². The maximum Gasteiger partial charge on any atom is 0.261 e. The molecule has 0 spiro atoms. The standard InChI is InChI=1S/C23H24N4O3/c1-23(2)11-19-17(20(28)12-23)10-18(22(30)26-19)21(29)24-13-15-6-3-4-7-16(15)14-27-9-5-8-25-27/h3-10H,11-14H2,1-2H3,(H,24,29)(H,26,30). The number of rotatable bonds is 5. The number of aromatic amines is 1. The van der Waals surface area contributed by atoms with Crippen molar-refractivity contribution in [3.8, 4) is 0 Å². The number of pyridine rings is 1. The molecule has 1 amide bonds. The number of hydrogen-bond acceptors (Lipinski definition) is 4. The van der Waals surface area contributed by atoms with Crippen LogP contribution < -0.4 is 10.9 Å². The molecule has 0 unspecified atom stereocenters. The lowest BCUT2D eigenvalue weighted by Crippen LogP contribution is -2.34. The highest BCUT2D eigenvalue weighted by Crippen LogP contribution is 2.33. The average molecular weight is 404 g/mol. The molecule has 2 heterocycles. The summed E-state index contributed by atoms with van der Waals surface area (Å²) < 4.78 is 1.81. The smallest absolute Gasteiger partial charge is 0.261 e. The van der Waals surface area contributed by atoms with Crippen LogP contribution >= 0.6 is 0 Å². The zero-order chi connectivity index (χ0) is 21.3. The second-order valence-electron chi connectivity index (χ2n) is 8.50. The van der Waals surface area contributed by atoms with Crippen molar-refractivity contribution in [1.29, 1.82) is 0 Å². The van der Waals surface area contributed by atoms with Gasteiger partial charge in [-0.15, -0.1) is 0 Å². The Morgan fingerprint density at radius 3 is 2.67 bits per heavy atom. The Labute approximate surface area is 174 Å². The van der Waals surface area contributed by atoms with Gasteiger partial charge >= 0.3 is 0 Å². The first kappa shape index (κ1) is 19.8. The van der Waals surface area contributed by atoms with Gasteiger partial charge in [0.2, 0.25) is 0 Å². The summed E-state index contributed by atoms with van der Waals surface area (Å²) in [6.45, 7) is 4.84. The van der Waals surface area contributed by atoms with E-state index in [9.17, 15) is 14.4 Å². The van der Waals surface area contributed by atoms with E-state index >= 15 is 0 Å². The summed E-state index contributed by atoms with van der Waals surface area (Å²) in [7, 11) is 0. The van der Waals surface area contributed by atoms with E-state index in [2.05, 4.69) is 15.4 Å². The third-order valence-electron chi connectivity index (χ3n) is 5.41. The zero-order valence-corrected chi connectivity index (χ0v) is 17.1. The molecule has 0 fully saturated rings. The van der Waals surface area contributed by atoms with Crippen LogP contribution in [0.2, 0.25) is 0 Å². The summed E-state index contributed by atoms with van der Waals surface area (Å²) in [6, 6.07) is 11.1. The van der Waals surface area contributed by atoms with Crippen LogP contribution in [0.4, 0.5) is 0 Å². The quantitative estimate of drug-likeness (QED) is 0.683. The van der Waals surface area contributed by atoms with Gasteiger partial charge in [0.1, 0.15) is 5.56 Å². The fraction of sp³-hybridized carbons (Fsp3) is 0.304. The van der Waals surface area contributed by atoms with Crippen molar-refractivity contribution in [2.24, 2.45) is 5.41 Å². The minimum absolute atomic E-state index is 0.0358. The fourth-order valence-corrected chi connectivity index (χ4v) is 3.92. The topological polar surface area (TPSA) is 96.8 Å². The lowest BCUT2D eigenvalue weighted by molar-refractivity contribution is 0.0910. The van der Waals surface area contributed by atoms with Crippen LogP contribution in [0.15, 0.2) is 53.6 Å². The molecule has 0 atom stereocenters. The molecule has 0 aliphatic heterocycles. The Hall–Kier alpha value is -3.48. The summed E-state index contributed by atoms with van der Waals surface area (Å²) in [4.78, 5) is 40.5. The molecule has 1 aliphatic carbocycles. The lowest BCUT2D eigenvalue weighted by atomic mass is 9.75. The molecule has 0 saturated heterocycles. The summed E-state index contributed by atoms with van der Waals surface area (Å²) in [5.74, 6) is -0.540. The predicted octanol–water partition coefficient (Wildman–Crippen LogP) is 2.70. The first-order valence-corrected chi connectivity index (χ1v) is 9.94. The molecule has 0 radical (unpaired) electrons. The van der Waals surface area contributed by atoms with Gasteiger partial charge in [-0.25, -0.2) is 0 Å². The molecular weight excluding hydrogens is 380 g/mol. The summed E-state index contributed by atoms with van der Waals surface area (Å²) in [6.07, 6.45) is 4.59. The third kappa shape index (κ3) is 4.10. The highest BCUT2D eigenvalue weighted by Gasteiger charge is 2.32. The number of carbonyl (C=O) groups excluding carboxylic acids is 2. The molecule has 2 N–H and O–H groups in total. The summed E-state index contributed by atoms with van der Waals surface area (Å²) in [5.41, 5.74) is 2.31. The van der Waals surface area contributed by atoms with E-state index in [1.165, 1.54) is 6.07 Å². The van der Waals surface area contributed by atoms with Crippen molar-refractivity contribution in [2.45, 2.75) is 39.8 Å². The molecule has 0 bridgehead atoms. The number of benzene rings is 1. The van der Waals surface area contributed by atoms with Gasteiger partial charge in [-0.2, -0.15) is 5.10 Å². The molecule has 154 valence electrons. The van der Waals surface area contributed by atoms with Gasteiger partial charge in [-0.1, -0.05) is 38.1 Å². The van der Waals surface area contributed by atoms with E-state index in [-0.39, 0.29) is 23.3 Å². The van der Waals surface area contributed by atoms with E-state index in [0.717, 1.165) is 11.1 Å². The fourth-order valence-electron chi connectivity index (χ4n) is 3.92. The summed E-state index contributed by atoms with van der Waals surface area (Å²) in [5, 5.41) is 7.03. The van der Waals surface area contributed by atoms with Gasteiger partial charge in [0.15, 0.2) is 5.78 Å². The number of hydrogen-bond donors (Lipinski definition) is 2. The first-order chi connectivity index (χ1) is 14.3. The van der Waals surface area contributed by atoms with Crippen molar-refractivity contribution in [1.82, 2.24) is 20.1 Å². The Kier molecular flexibility index (Phi) is 5.11. The second-order valence-corrected chi connectivity index (χ2v) is 8.50. The number of ketones is 1. The van der Waals surface area contributed by atoms with E-state index in [0.29, 0.717) is 30.6 Å². The van der Waals surface area contributed by atoms with E-state index < -0.39 is 11.5 Å². The van der Waals surface area contributed by atoms with Crippen LogP contribution in [-0.4, -0.2) is 26.5 Å². The number of Topliss-reactive ketones (excluding diaryl/α,β-unsaturated/α-hetero) is 1. The van der Waals surface area contributed by atoms with Crippen LogP contribution in [0.5, 0.6) is 0 Å². The zero-order valence-electron chi connectivity index (χ0n) is 17.1. The van der Waals surface area contributed by atoms with Crippen molar-refractivity contribution in [3.63, 3.8) is 0 Å². The Morgan fingerprint density at radius 2 is 1.93 bits per heavy atom. The van der Waals surface area contributed by atoms with Crippen LogP contribution in [0.1, 0.15) is 57.8 Å². The molecule has 30 heavy (non-hydrogen) atoms. The van der Waals surface area contributed by atoms with E-state index in [1.54, 1.807) is 6.20 Å². The molecule has 1 aliphatic rings. The van der Waals surface area contributed by atoms with E-state index in [4.69, 9.17) is 0 Å². The van der Waals surface area contributed by atoms with Gasteiger partial charge in [-0.3, -0.25) is 19.1 Å². The number of aromatic nitrogens is 3. The Balaban J connectivity index is 1.53. The van der Waals surface area contributed by atoms with Crippen LogP contribution in [0.3, 0.4) is 0 Å². The number of carbonyl (C=O) groups is 2. The number of nitrogens with one attached hydrogen (secondary N) is 2. The highest BCUT2D eigenvalue weighted by molar-refractivity contribution is 6.02. The maximum absolute atomic E-state index is 12.7. The van der Waals surface area contributed by atoms with Crippen molar-refractivity contribution < 1.29 is 9.59 Å². The monoisotopic (exact) mass is 404 g/mol. The Morgan fingerprint density at radius 1 is 1.17 bits per heavy atom. The van der Waals surface area contributed by atoms with Crippen LogP contribution in [0.25, 0.3) is 0 Å². The van der Waals surface area contributed by atoms with Gasteiger partial charge in [0.05, 0.1) is 6.54 Å². The minimum atomic E-state index is -0.495.